The Hall–Kier alpha value is -2.66. The number of hydrogen-bond acceptors (Lipinski definition) is 3. The van der Waals surface area contributed by atoms with Crippen molar-refractivity contribution in [3.63, 3.8) is 0 Å². The zero-order chi connectivity index (χ0) is 22.0. The molecule has 2 aliphatic rings. The average molecular weight is 421 g/mol. The van der Waals surface area contributed by atoms with Gasteiger partial charge in [0.05, 0.1) is 18.6 Å². The van der Waals surface area contributed by atoms with E-state index >= 15 is 0 Å². The van der Waals surface area contributed by atoms with Crippen LogP contribution in [-0.2, 0) is 11.4 Å². The highest BCUT2D eigenvalue weighted by Crippen LogP contribution is 2.45. The zero-order valence-electron chi connectivity index (χ0n) is 18.4. The third kappa shape index (κ3) is 4.24. The van der Waals surface area contributed by atoms with Gasteiger partial charge >= 0.3 is 0 Å². The first kappa shape index (κ1) is 21.6. The Kier molecular flexibility index (Phi) is 6.42. The Morgan fingerprint density at radius 3 is 2.39 bits per heavy atom. The largest absolute Gasteiger partial charge is 0.392 e. The van der Waals surface area contributed by atoms with Crippen LogP contribution in [0.4, 0.5) is 0 Å². The second-order valence-electron chi connectivity index (χ2n) is 9.08. The summed E-state index contributed by atoms with van der Waals surface area (Å²) in [6.45, 7) is 3.89. The average Bonchev–Trinajstić information content (AvgIpc) is 2.79. The number of fused-ring (bicyclic) bond motifs is 1. The van der Waals surface area contributed by atoms with Crippen molar-refractivity contribution in [2.75, 3.05) is 0 Å². The fourth-order valence-electron chi connectivity index (χ4n) is 5.14. The molecule has 2 amide bonds. The molecular weight excluding hydrogens is 388 g/mol. The molecule has 2 aromatic rings. The number of amides is 2. The van der Waals surface area contributed by atoms with Crippen LogP contribution in [0, 0.1) is 0 Å². The summed E-state index contributed by atoms with van der Waals surface area (Å²) in [4.78, 5) is 29.3. The van der Waals surface area contributed by atoms with Gasteiger partial charge in [-0.2, -0.15) is 0 Å². The zero-order valence-corrected chi connectivity index (χ0v) is 18.4. The molecule has 2 aromatic carbocycles. The summed E-state index contributed by atoms with van der Waals surface area (Å²) in [5.74, 6) is -0.502. The first-order valence-corrected chi connectivity index (χ1v) is 11.4. The molecule has 5 heteroatoms. The van der Waals surface area contributed by atoms with E-state index in [0.29, 0.717) is 5.56 Å². The van der Waals surface area contributed by atoms with Gasteiger partial charge in [-0.25, -0.2) is 0 Å². The van der Waals surface area contributed by atoms with Crippen LogP contribution in [0.5, 0.6) is 0 Å². The highest BCUT2D eigenvalue weighted by Gasteiger charge is 2.46. The van der Waals surface area contributed by atoms with Crippen LogP contribution in [-0.4, -0.2) is 33.9 Å². The number of nitrogens with zero attached hydrogens (tertiary/aromatic N) is 1. The minimum Gasteiger partial charge on any atom is -0.392 e. The summed E-state index contributed by atoms with van der Waals surface area (Å²) in [5.41, 5.74) is 3.20. The standard InChI is InChI=1S/C26H32N2O3/c1-17(2)27-25(30)23-21-10-6-7-11-22(21)26(31)28(20-8-4-3-5-9-20)24(23)19-14-12-18(16-29)13-15-19/h6-7,10-15,17,20,23-24,29H,3-5,8-9,16H2,1-2H3,(H,27,30)/t23-,24+/m1/s1. The fraction of sp³-hybridized carbons (Fsp3) is 0.462. The Morgan fingerprint density at radius 1 is 1.06 bits per heavy atom. The van der Waals surface area contributed by atoms with Crippen molar-refractivity contribution in [2.45, 2.75) is 76.6 Å². The van der Waals surface area contributed by atoms with Gasteiger partial charge in [-0.3, -0.25) is 9.59 Å². The fourth-order valence-corrected chi connectivity index (χ4v) is 5.14. The van der Waals surface area contributed by atoms with E-state index in [4.69, 9.17) is 0 Å². The highest BCUT2D eigenvalue weighted by molar-refractivity contribution is 6.01. The van der Waals surface area contributed by atoms with E-state index in [0.717, 1.165) is 42.4 Å². The maximum Gasteiger partial charge on any atom is 0.254 e. The number of carbonyl (C=O) groups excluding carboxylic acids is 2. The Morgan fingerprint density at radius 2 is 1.74 bits per heavy atom. The normalized spacial score (nSPS) is 21.8. The van der Waals surface area contributed by atoms with E-state index in [1.165, 1.54) is 6.42 Å². The third-order valence-electron chi connectivity index (χ3n) is 6.56. The lowest BCUT2D eigenvalue weighted by molar-refractivity contribution is -0.125. The molecule has 31 heavy (non-hydrogen) atoms. The predicted molar refractivity (Wildman–Crippen MR) is 121 cm³/mol. The summed E-state index contributed by atoms with van der Waals surface area (Å²) < 4.78 is 0. The summed E-state index contributed by atoms with van der Waals surface area (Å²) in [6, 6.07) is 15.0. The molecule has 0 bridgehead atoms. The second kappa shape index (κ2) is 9.23. The second-order valence-corrected chi connectivity index (χ2v) is 9.08. The Bertz CT molecular complexity index is 932. The molecule has 1 fully saturated rings. The maximum atomic E-state index is 13.8. The molecule has 1 heterocycles. The van der Waals surface area contributed by atoms with Crippen LogP contribution in [0.15, 0.2) is 48.5 Å². The molecular formula is C26H32N2O3. The number of rotatable bonds is 5. The molecule has 0 spiro atoms. The Balaban J connectivity index is 1.87. The lowest BCUT2D eigenvalue weighted by atomic mass is 9.77. The first-order chi connectivity index (χ1) is 15.0. The van der Waals surface area contributed by atoms with Crippen molar-refractivity contribution in [1.82, 2.24) is 10.2 Å². The minimum absolute atomic E-state index is 0.0119. The van der Waals surface area contributed by atoms with Crippen molar-refractivity contribution in [3.05, 3.63) is 70.8 Å². The van der Waals surface area contributed by atoms with Crippen LogP contribution in [0.25, 0.3) is 0 Å². The van der Waals surface area contributed by atoms with E-state index in [-0.39, 0.29) is 36.5 Å². The molecule has 1 aliphatic heterocycles. The van der Waals surface area contributed by atoms with Gasteiger partial charge in [-0.15, -0.1) is 0 Å². The van der Waals surface area contributed by atoms with Crippen molar-refractivity contribution < 1.29 is 14.7 Å². The van der Waals surface area contributed by atoms with E-state index in [2.05, 4.69) is 5.32 Å². The van der Waals surface area contributed by atoms with Gasteiger partial charge in [-0.1, -0.05) is 61.7 Å². The van der Waals surface area contributed by atoms with Crippen molar-refractivity contribution in [2.24, 2.45) is 0 Å². The number of aliphatic hydroxyl groups is 1. The van der Waals surface area contributed by atoms with Crippen molar-refractivity contribution in [3.8, 4) is 0 Å². The topological polar surface area (TPSA) is 69.6 Å². The molecule has 4 rings (SSSR count). The molecule has 0 unspecified atom stereocenters. The number of hydrogen-bond donors (Lipinski definition) is 2. The van der Waals surface area contributed by atoms with Crippen LogP contribution >= 0.6 is 0 Å². The van der Waals surface area contributed by atoms with Crippen molar-refractivity contribution >= 4 is 11.8 Å². The highest BCUT2D eigenvalue weighted by atomic mass is 16.3. The third-order valence-corrected chi connectivity index (χ3v) is 6.56. The quantitative estimate of drug-likeness (QED) is 0.757. The van der Waals surface area contributed by atoms with Crippen LogP contribution in [0.2, 0.25) is 0 Å². The molecule has 0 saturated heterocycles. The number of carbonyl (C=O) groups is 2. The molecule has 1 aliphatic carbocycles. The van der Waals surface area contributed by atoms with Gasteiger partial charge in [0.25, 0.3) is 5.91 Å². The SMILES string of the molecule is CC(C)NC(=O)[C@@H]1c2ccccc2C(=O)N(C2CCCCC2)[C@H]1c1ccc(CO)cc1. The van der Waals surface area contributed by atoms with Gasteiger partial charge in [0.2, 0.25) is 5.91 Å². The molecule has 0 aromatic heterocycles. The maximum absolute atomic E-state index is 13.8. The summed E-state index contributed by atoms with van der Waals surface area (Å²) in [6.07, 6.45) is 5.35. The summed E-state index contributed by atoms with van der Waals surface area (Å²) >= 11 is 0. The van der Waals surface area contributed by atoms with Gasteiger partial charge in [0.1, 0.15) is 0 Å². The van der Waals surface area contributed by atoms with E-state index < -0.39 is 5.92 Å². The monoisotopic (exact) mass is 420 g/mol. The van der Waals surface area contributed by atoms with Crippen LogP contribution < -0.4 is 5.32 Å². The van der Waals surface area contributed by atoms with E-state index in [1.807, 2.05) is 67.3 Å². The van der Waals surface area contributed by atoms with Gasteiger partial charge in [0.15, 0.2) is 0 Å². The van der Waals surface area contributed by atoms with Crippen LogP contribution in [0.1, 0.15) is 85.0 Å². The number of nitrogens with one attached hydrogen (secondary N) is 1. The van der Waals surface area contributed by atoms with E-state index in [1.54, 1.807) is 0 Å². The molecule has 2 N–H and O–H groups in total. The van der Waals surface area contributed by atoms with Gasteiger partial charge in [-0.05, 0) is 49.4 Å². The molecule has 5 nitrogen and oxygen atoms in total. The lowest BCUT2D eigenvalue weighted by Gasteiger charge is -2.47. The minimum atomic E-state index is -0.474. The van der Waals surface area contributed by atoms with Crippen molar-refractivity contribution in [1.29, 1.82) is 0 Å². The number of benzene rings is 2. The smallest absolute Gasteiger partial charge is 0.254 e. The number of aliphatic hydroxyl groups excluding tert-OH is 1. The molecule has 1 saturated carbocycles. The van der Waals surface area contributed by atoms with Gasteiger partial charge < -0.3 is 15.3 Å². The molecule has 2 atom stereocenters. The van der Waals surface area contributed by atoms with Crippen LogP contribution in [0.3, 0.4) is 0 Å². The van der Waals surface area contributed by atoms with Gasteiger partial charge in [0, 0.05) is 17.6 Å². The summed E-state index contributed by atoms with van der Waals surface area (Å²) in [7, 11) is 0. The Labute approximate surface area is 184 Å². The summed E-state index contributed by atoms with van der Waals surface area (Å²) in [5, 5.41) is 12.6. The first-order valence-electron chi connectivity index (χ1n) is 11.4. The molecule has 164 valence electrons. The predicted octanol–water partition coefficient (Wildman–Crippen LogP) is 4.32. The molecule has 0 radical (unpaired) electrons. The lowest BCUT2D eigenvalue weighted by Crippen LogP contribution is -2.52. The van der Waals surface area contributed by atoms with E-state index in [9.17, 15) is 14.7 Å².